The van der Waals surface area contributed by atoms with Crippen molar-refractivity contribution in [1.29, 1.82) is 0 Å². The highest BCUT2D eigenvalue weighted by Gasteiger charge is 2.41. The van der Waals surface area contributed by atoms with E-state index in [9.17, 15) is 25.2 Å². The molecule has 8 heteroatoms. The number of fused-ring (bicyclic) bond motifs is 1. The molecule has 0 aromatic heterocycles. The number of hydrogen-bond donors (Lipinski definition) is 5. The van der Waals surface area contributed by atoms with Crippen LogP contribution in [-0.4, -0.2) is 26.3 Å². The Morgan fingerprint density at radius 3 is 2.48 bits per heavy atom. The van der Waals surface area contributed by atoms with Gasteiger partial charge in [-0.2, -0.15) is 0 Å². The Morgan fingerprint density at radius 2 is 1.84 bits per heavy atom. The van der Waals surface area contributed by atoms with Crippen LogP contribution in [0.1, 0.15) is 18.1 Å². The molecule has 5 N–H and O–H groups in total. The van der Waals surface area contributed by atoms with E-state index in [1.54, 1.807) is 30.3 Å². The lowest BCUT2D eigenvalue weighted by Gasteiger charge is -2.32. The Kier molecular flexibility index (Phi) is 3.99. The zero-order valence-corrected chi connectivity index (χ0v) is 13.1. The van der Waals surface area contributed by atoms with Gasteiger partial charge in [-0.05, 0) is 6.07 Å². The summed E-state index contributed by atoms with van der Waals surface area (Å²) in [4.78, 5) is 16.2. The Hall–Kier alpha value is -3.23. The normalized spacial score (nSPS) is 18.7. The van der Waals surface area contributed by atoms with Crippen LogP contribution in [0.15, 0.2) is 42.5 Å². The average Bonchev–Trinajstić information content (AvgIpc) is 2.60. The number of rotatable bonds is 3. The fourth-order valence-electron chi connectivity index (χ4n) is 2.37. The molecule has 1 aliphatic rings. The standard InChI is InChI=1S/C17H15NO7/c1-9(19)18-25-17(23)8-13(10-5-3-2-4-6-10)24-16-11(17)7-12(20)14(21)15(16)22/h2-8,20-23H,1H3,(H,18,19). The number of phenols is 3. The first-order valence-electron chi connectivity index (χ1n) is 7.23. The van der Waals surface area contributed by atoms with Gasteiger partial charge in [-0.3, -0.25) is 4.79 Å². The van der Waals surface area contributed by atoms with Crippen molar-refractivity contribution < 1.29 is 34.8 Å². The Morgan fingerprint density at radius 1 is 1.16 bits per heavy atom. The molecule has 0 bridgehead atoms. The molecule has 0 radical (unpaired) electrons. The summed E-state index contributed by atoms with van der Waals surface area (Å²) >= 11 is 0. The van der Waals surface area contributed by atoms with E-state index in [1.165, 1.54) is 6.92 Å². The zero-order chi connectivity index (χ0) is 18.2. The van der Waals surface area contributed by atoms with Gasteiger partial charge < -0.3 is 25.2 Å². The van der Waals surface area contributed by atoms with Crippen molar-refractivity contribution in [2.75, 3.05) is 0 Å². The third-order valence-corrected chi connectivity index (χ3v) is 3.54. The number of phenolic OH excluding ortho intramolecular Hbond substituents is 3. The van der Waals surface area contributed by atoms with Crippen LogP contribution in [0.2, 0.25) is 0 Å². The van der Waals surface area contributed by atoms with E-state index in [0.29, 0.717) is 5.56 Å². The third kappa shape index (κ3) is 2.95. The molecule has 1 heterocycles. The van der Waals surface area contributed by atoms with E-state index < -0.39 is 28.9 Å². The topological polar surface area (TPSA) is 128 Å². The van der Waals surface area contributed by atoms with Crippen LogP contribution < -0.4 is 10.2 Å². The van der Waals surface area contributed by atoms with Crippen LogP contribution in [-0.2, 0) is 15.4 Å². The van der Waals surface area contributed by atoms with Crippen molar-refractivity contribution in [3.05, 3.63) is 53.6 Å². The van der Waals surface area contributed by atoms with Gasteiger partial charge in [-0.25, -0.2) is 10.3 Å². The molecule has 25 heavy (non-hydrogen) atoms. The maximum Gasteiger partial charge on any atom is 0.244 e. The lowest BCUT2D eigenvalue weighted by molar-refractivity contribution is -0.217. The van der Waals surface area contributed by atoms with Gasteiger partial charge in [-0.15, -0.1) is 0 Å². The first kappa shape index (κ1) is 16.6. The molecular weight excluding hydrogens is 330 g/mol. The molecule has 3 rings (SSSR count). The number of benzene rings is 2. The minimum absolute atomic E-state index is 0.112. The molecular formula is C17H15NO7. The van der Waals surface area contributed by atoms with Crippen LogP contribution in [0.5, 0.6) is 23.0 Å². The van der Waals surface area contributed by atoms with Gasteiger partial charge in [0.25, 0.3) is 0 Å². The van der Waals surface area contributed by atoms with Crippen molar-refractivity contribution in [2.24, 2.45) is 0 Å². The SMILES string of the molecule is CC(=O)NOC1(O)C=C(c2ccccc2)Oc2c1cc(O)c(O)c2O. The largest absolute Gasteiger partial charge is 0.504 e. The summed E-state index contributed by atoms with van der Waals surface area (Å²) in [5.74, 6) is -5.32. The van der Waals surface area contributed by atoms with Gasteiger partial charge in [0, 0.05) is 18.6 Å². The maximum atomic E-state index is 11.1. The van der Waals surface area contributed by atoms with E-state index in [0.717, 1.165) is 12.1 Å². The van der Waals surface area contributed by atoms with E-state index in [1.807, 2.05) is 5.48 Å². The molecule has 1 atom stereocenters. The summed E-state index contributed by atoms with van der Waals surface area (Å²) in [6.07, 6.45) is 1.16. The number of carbonyl (C=O) groups excluding carboxylic acids is 1. The predicted molar refractivity (Wildman–Crippen MR) is 85.3 cm³/mol. The number of carbonyl (C=O) groups is 1. The van der Waals surface area contributed by atoms with E-state index in [-0.39, 0.29) is 17.1 Å². The summed E-state index contributed by atoms with van der Waals surface area (Å²) in [7, 11) is 0. The van der Waals surface area contributed by atoms with Crippen molar-refractivity contribution in [1.82, 2.24) is 5.48 Å². The van der Waals surface area contributed by atoms with Gasteiger partial charge >= 0.3 is 0 Å². The summed E-state index contributed by atoms with van der Waals surface area (Å²) in [5.41, 5.74) is 2.35. The second kappa shape index (κ2) is 6.00. The fourth-order valence-corrected chi connectivity index (χ4v) is 2.37. The minimum atomic E-state index is -2.26. The van der Waals surface area contributed by atoms with Gasteiger partial charge in [0.1, 0.15) is 5.76 Å². The molecule has 0 fully saturated rings. The molecule has 0 spiro atoms. The molecule has 0 aliphatic carbocycles. The van der Waals surface area contributed by atoms with E-state index in [4.69, 9.17) is 9.57 Å². The quantitative estimate of drug-likeness (QED) is 0.323. The molecule has 1 aliphatic heterocycles. The second-order valence-electron chi connectivity index (χ2n) is 5.40. The van der Waals surface area contributed by atoms with Gasteiger partial charge in [0.05, 0.1) is 5.56 Å². The monoisotopic (exact) mass is 345 g/mol. The molecule has 1 unspecified atom stereocenters. The summed E-state index contributed by atoms with van der Waals surface area (Å²) in [6, 6.07) is 9.58. The number of ether oxygens (including phenoxy) is 1. The van der Waals surface area contributed by atoms with E-state index >= 15 is 0 Å². The highest BCUT2D eigenvalue weighted by molar-refractivity contribution is 5.73. The van der Waals surface area contributed by atoms with Crippen LogP contribution in [0.25, 0.3) is 5.76 Å². The molecule has 2 aromatic rings. The Labute approximate surface area is 142 Å². The third-order valence-electron chi connectivity index (χ3n) is 3.54. The van der Waals surface area contributed by atoms with Crippen LogP contribution >= 0.6 is 0 Å². The number of hydroxylamine groups is 1. The molecule has 8 nitrogen and oxygen atoms in total. The van der Waals surface area contributed by atoms with Crippen molar-refractivity contribution in [3.63, 3.8) is 0 Å². The lowest BCUT2D eigenvalue weighted by Crippen LogP contribution is -2.38. The summed E-state index contributed by atoms with van der Waals surface area (Å²) < 4.78 is 5.57. The Bertz CT molecular complexity index is 863. The molecule has 0 saturated heterocycles. The van der Waals surface area contributed by atoms with Crippen molar-refractivity contribution >= 4 is 11.7 Å². The molecule has 1 amide bonds. The minimum Gasteiger partial charge on any atom is -0.504 e. The number of aromatic hydroxyl groups is 3. The second-order valence-corrected chi connectivity index (χ2v) is 5.40. The highest BCUT2D eigenvalue weighted by Crippen LogP contribution is 2.52. The Balaban J connectivity index is 2.17. The number of amides is 1. The lowest BCUT2D eigenvalue weighted by atomic mass is 9.98. The molecule has 2 aromatic carbocycles. The van der Waals surface area contributed by atoms with Gasteiger partial charge in [-0.1, -0.05) is 30.3 Å². The zero-order valence-electron chi connectivity index (χ0n) is 13.1. The number of hydrogen-bond acceptors (Lipinski definition) is 7. The number of nitrogens with one attached hydrogen (secondary N) is 1. The summed E-state index contributed by atoms with van der Waals surface area (Å²) in [5, 5.41) is 40.4. The highest BCUT2D eigenvalue weighted by atomic mass is 16.7. The fraction of sp³-hybridized carbons (Fsp3) is 0.118. The van der Waals surface area contributed by atoms with Crippen LogP contribution in [0, 0.1) is 0 Å². The number of aliphatic hydroxyl groups is 1. The first-order chi connectivity index (χ1) is 11.8. The maximum absolute atomic E-state index is 11.1. The van der Waals surface area contributed by atoms with Crippen molar-refractivity contribution in [3.8, 4) is 23.0 Å². The van der Waals surface area contributed by atoms with Crippen LogP contribution in [0.3, 0.4) is 0 Å². The van der Waals surface area contributed by atoms with Crippen LogP contribution in [0.4, 0.5) is 0 Å². The van der Waals surface area contributed by atoms with Gasteiger partial charge in [0.15, 0.2) is 11.5 Å². The van der Waals surface area contributed by atoms with Gasteiger partial charge in [0.2, 0.25) is 23.2 Å². The average molecular weight is 345 g/mol. The summed E-state index contributed by atoms with van der Waals surface area (Å²) in [6.45, 7) is 1.18. The van der Waals surface area contributed by atoms with E-state index in [2.05, 4.69) is 0 Å². The predicted octanol–water partition coefficient (Wildman–Crippen LogP) is 1.45. The smallest absolute Gasteiger partial charge is 0.244 e. The first-order valence-corrected chi connectivity index (χ1v) is 7.23. The molecule has 130 valence electrons. The molecule has 0 saturated carbocycles. The van der Waals surface area contributed by atoms with Crippen molar-refractivity contribution in [2.45, 2.75) is 12.7 Å².